The van der Waals surface area contributed by atoms with Gasteiger partial charge in [-0.2, -0.15) is 15.4 Å². The molecule has 1 N–H and O–H groups in total. The molecular weight excluding hydrogens is 428 g/mol. The van der Waals surface area contributed by atoms with Gasteiger partial charge >= 0.3 is 0 Å². The van der Waals surface area contributed by atoms with E-state index >= 15 is 0 Å². The first kappa shape index (κ1) is 29.5. The van der Waals surface area contributed by atoms with Crippen molar-refractivity contribution in [3.63, 3.8) is 0 Å². The molecule has 1 heterocycles. The monoisotopic (exact) mass is 482 g/mol. The molecule has 2 rings (SSSR count). The highest BCUT2D eigenvalue weighted by molar-refractivity contribution is 5.65. The maximum Gasteiger partial charge on any atom is 0.116 e. The standard InChI is InChI=1S/C31H54N4/c1-4-6-8-10-12-14-16-20-25-35(26-21-17-15-13-11-9-7-5-2)27-24-30-31(33-34-32-30)29-23-19-18-22-28(29)3/h18-19,22-23H,4-17,20-21,24-27H2,1-3H3,(H,32,33,34). The van der Waals surface area contributed by atoms with Crippen LogP contribution < -0.4 is 0 Å². The van der Waals surface area contributed by atoms with E-state index in [0.29, 0.717) is 0 Å². The summed E-state index contributed by atoms with van der Waals surface area (Å²) in [5.41, 5.74) is 4.60. The number of nitrogens with one attached hydrogen (secondary N) is 1. The molecule has 0 saturated carbocycles. The fourth-order valence-corrected chi connectivity index (χ4v) is 5.02. The molecular formula is C31H54N4. The van der Waals surface area contributed by atoms with Crippen molar-refractivity contribution in [3.8, 4) is 11.3 Å². The van der Waals surface area contributed by atoms with Crippen LogP contribution in [-0.2, 0) is 6.42 Å². The summed E-state index contributed by atoms with van der Waals surface area (Å²) in [6.07, 6.45) is 23.2. The lowest BCUT2D eigenvalue weighted by molar-refractivity contribution is 0.262. The van der Waals surface area contributed by atoms with Crippen molar-refractivity contribution in [3.05, 3.63) is 35.5 Å². The molecule has 0 fully saturated rings. The van der Waals surface area contributed by atoms with Crippen LogP contribution in [0.2, 0.25) is 0 Å². The van der Waals surface area contributed by atoms with Crippen LogP contribution in [0, 0.1) is 6.92 Å². The third kappa shape index (κ3) is 12.7. The van der Waals surface area contributed by atoms with Gasteiger partial charge in [-0.05, 0) is 38.4 Å². The third-order valence-corrected chi connectivity index (χ3v) is 7.34. The number of nitrogens with zero attached hydrogens (tertiary/aromatic N) is 3. The summed E-state index contributed by atoms with van der Waals surface area (Å²) in [6, 6.07) is 8.51. The second-order valence-corrected chi connectivity index (χ2v) is 10.5. The number of rotatable bonds is 22. The molecule has 0 aliphatic carbocycles. The van der Waals surface area contributed by atoms with Gasteiger partial charge in [0.15, 0.2) is 0 Å². The predicted molar refractivity (Wildman–Crippen MR) is 152 cm³/mol. The molecule has 0 bridgehead atoms. The Kier molecular flexibility index (Phi) is 16.5. The van der Waals surface area contributed by atoms with Gasteiger partial charge in [0.25, 0.3) is 0 Å². The minimum absolute atomic E-state index is 0.966. The molecule has 35 heavy (non-hydrogen) atoms. The molecule has 1 aromatic carbocycles. The van der Waals surface area contributed by atoms with E-state index in [2.05, 4.69) is 65.3 Å². The van der Waals surface area contributed by atoms with Gasteiger partial charge in [0, 0.05) is 18.5 Å². The van der Waals surface area contributed by atoms with Crippen LogP contribution in [0.3, 0.4) is 0 Å². The lowest BCUT2D eigenvalue weighted by Crippen LogP contribution is -2.28. The summed E-state index contributed by atoms with van der Waals surface area (Å²) in [5, 5.41) is 11.9. The fourth-order valence-electron chi connectivity index (χ4n) is 5.02. The van der Waals surface area contributed by atoms with Gasteiger partial charge in [0.2, 0.25) is 0 Å². The maximum atomic E-state index is 4.53. The average Bonchev–Trinajstić information content (AvgIpc) is 3.33. The van der Waals surface area contributed by atoms with E-state index in [0.717, 1.165) is 24.4 Å². The van der Waals surface area contributed by atoms with Crippen molar-refractivity contribution in [2.24, 2.45) is 0 Å². The van der Waals surface area contributed by atoms with Gasteiger partial charge in [-0.25, -0.2) is 0 Å². The van der Waals surface area contributed by atoms with E-state index in [1.807, 2.05) is 0 Å². The highest BCUT2D eigenvalue weighted by atomic mass is 15.3. The molecule has 1 aromatic heterocycles. The van der Waals surface area contributed by atoms with Gasteiger partial charge in [0.05, 0.1) is 5.69 Å². The van der Waals surface area contributed by atoms with Crippen LogP contribution >= 0.6 is 0 Å². The summed E-state index contributed by atoms with van der Waals surface area (Å²) < 4.78 is 0. The number of H-pyrrole nitrogens is 1. The van der Waals surface area contributed by atoms with E-state index in [-0.39, 0.29) is 0 Å². The molecule has 2 aromatic rings. The zero-order chi connectivity index (χ0) is 25.0. The Morgan fingerprint density at radius 1 is 0.629 bits per heavy atom. The van der Waals surface area contributed by atoms with Crippen molar-refractivity contribution in [2.75, 3.05) is 19.6 Å². The first-order valence-electron chi connectivity index (χ1n) is 14.9. The van der Waals surface area contributed by atoms with Gasteiger partial charge in [-0.1, -0.05) is 128 Å². The van der Waals surface area contributed by atoms with E-state index in [1.54, 1.807) is 0 Å². The van der Waals surface area contributed by atoms with Crippen LogP contribution in [0.4, 0.5) is 0 Å². The highest BCUT2D eigenvalue weighted by Gasteiger charge is 2.14. The first-order chi connectivity index (χ1) is 17.3. The normalized spacial score (nSPS) is 11.5. The second kappa shape index (κ2) is 19.5. The Bertz CT molecular complexity index is 734. The second-order valence-electron chi connectivity index (χ2n) is 10.5. The Balaban J connectivity index is 1.78. The van der Waals surface area contributed by atoms with E-state index in [1.165, 1.54) is 127 Å². The molecule has 4 heteroatoms. The maximum absolute atomic E-state index is 4.53. The quantitative estimate of drug-likeness (QED) is 0.170. The minimum Gasteiger partial charge on any atom is -0.303 e. The molecule has 198 valence electrons. The number of hydrogen-bond donors (Lipinski definition) is 1. The minimum atomic E-state index is 0.966. The SMILES string of the molecule is CCCCCCCCCCN(CCCCCCCCCC)CCc1n[nH]nc1-c1ccccc1C. The lowest BCUT2D eigenvalue weighted by atomic mass is 10.0. The number of aryl methyl sites for hydroxylation is 1. The Morgan fingerprint density at radius 2 is 1.14 bits per heavy atom. The summed E-state index contributed by atoms with van der Waals surface area (Å²) >= 11 is 0. The largest absolute Gasteiger partial charge is 0.303 e. The van der Waals surface area contributed by atoms with E-state index < -0.39 is 0 Å². The average molecular weight is 483 g/mol. The number of aromatic amines is 1. The van der Waals surface area contributed by atoms with E-state index in [4.69, 9.17) is 0 Å². The van der Waals surface area contributed by atoms with Crippen LogP contribution in [0.5, 0.6) is 0 Å². The molecule has 0 radical (unpaired) electrons. The number of benzene rings is 1. The first-order valence-corrected chi connectivity index (χ1v) is 14.9. The van der Waals surface area contributed by atoms with Crippen LogP contribution in [-0.4, -0.2) is 39.9 Å². The lowest BCUT2D eigenvalue weighted by Gasteiger charge is -2.22. The van der Waals surface area contributed by atoms with Crippen molar-refractivity contribution in [1.82, 2.24) is 20.3 Å². The number of unbranched alkanes of at least 4 members (excludes halogenated alkanes) is 14. The molecule has 0 amide bonds. The Labute approximate surface area is 216 Å². The zero-order valence-corrected chi connectivity index (χ0v) is 23.3. The van der Waals surface area contributed by atoms with Gasteiger partial charge in [-0.3, -0.25) is 0 Å². The van der Waals surface area contributed by atoms with Crippen LogP contribution in [0.25, 0.3) is 11.3 Å². The van der Waals surface area contributed by atoms with Crippen molar-refractivity contribution < 1.29 is 0 Å². The summed E-state index contributed by atoms with van der Waals surface area (Å²) in [5.74, 6) is 0. The summed E-state index contributed by atoms with van der Waals surface area (Å²) in [6.45, 7) is 10.3. The van der Waals surface area contributed by atoms with Crippen molar-refractivity contribution >= 4 is 0 Å². The van der Waals surface area contributed by atoms with Gasteiger partial charge < -0.3 is 4.90 Å². The third-order valence-electron chi connectivity index (χ3n) is 7.34. The Hall–Kier alpha value is -1.68. The predicted octanol–water partition coefficient (Wildman–Crippen LogP) is 8.91. The number of hydrogen-bond acceptors (Lipinski definition) is 3. The van der Waals surface area contributed by atoms with Gasteiger partial charge in [-0.15, -0.1) is 0 Å². The molecule has 0 spiro atoms. The smallest absolute Gasteiger partial charge is 0.116 e. The van der Waals surface area contributed by atoms with Crippen molar-refractivity contribution in [1.29, 1.82) is 0 Å². The molecule has 0 aliphatic heterocycles. The molecule has 0 atom stereocenters. The fraction of sp³-hybridized carbons (Fsp3) is 0.742. The van der Waals surface area contributed by atoms with E-state index in [9.17, 15) is 0 Å². The van der Waals surface area contributed by atoms with Crippen LogP contribution in [0.1, 0.15) is 128 Å². The van der Waals surface area contributed by atoms with Crippen LogP contribution in [0.15, 0.2) is 24.3 Å². The molecule has 0 aliphatic rings. The molecule has 4 nitrogen and oxygen atoms in total. The Morgan fingerprint density at radius 3 is 1.69 bits per heavy atom. The zero-order valence-electron chi connectivity index (χ0n) is 23.3. The topological polar surface area (TPSA) is 44.8 Å². The molecule has 0 unspecified atom stereocenters. The highest BCUT2D eigenvalue weighted by Crippen LogP contribution is 2.23. The summed E-state index contributed by atoms with van der Waals surface area (Å²) in [7, 11) is 0. The van der Waals surface area contributed by atoms with Crippen molar-refractivity contribution in [2.45, 2.75) is 130 Å². The number of aromatic nitrogens is 3. The van der Waals surface area contributed by atoms with Gasteiger partial charge in [0.1, 0.15) is 5.69 Å². The summed E-state index contributed by atoms with van der Waals surface area (Å²) in [4.78, 5) is 2.70. The molecule has 0 saturated heterocycles.